The maximum atomic E-state index is 13.3. The Bertz CT molecular complexity index is 2050. The topological polar surface area (TPSA) is 206 Å². The van der Waals surface area contributed by atoms with E-state index in [4.69, 9.17) is 35.0 Å². The first-order chi connectivity index (χ1) is 29.5. The van der Waals surface area contributed by atoms with Crippen molar-refractivity contribution in [2.75, 3.05) is 14.2 Å². The molecule has 0 atom stereocenters. The van der Waals surface area contributed by atoms with E-state index in [2.05, 4.69) is 9.47 Å². The van der Waals surface area contributed by atoms with E-state index in [-0.39, 0.29) is 52.1 Å². The summed E-state index contributed by atoms with van der Waals surface area (Å²) in [6, 6.07) is 13.2. The highest BCUT2D eigenvalue weighted by atomic mass is 19.1. The van der Waals surface area contributed by atoms with Gasteiger partial charge in [-0.15, -0.1) is 0 Å². The van der Waals surface area contributed by atoms with E-state index < -0.39 is 47.1 Å². The molecule has 0 aliphatic heterocycles. The average Bonchev–Trinajstić information content (AvgIpc) is 4.03. The number of esters is 2. The van der Waals surface area contributed by atoms with Crippen LogP contribution >= 0.6 is 0 Å². The number of rotatable bonds is 8. The molecule has 5 N–H and O–H groups in total. The van der Waals surface area contributed by atoms with Crippen LogP contribution in [0.3, 0.4) is 0 Å². The van der Waals surface area contributed by atoms with E-state index in [0.29, 0.717) is 11.5 Å². The van der Waals surface area contributed by atoms with Crippen molar-refractivity contribution < 1.29 is 81.2 Å². The second-order valence-electron chi connectivity index (χ2n) is 14.3. The van der Waals surface area contributed by atoms with Gasteiger partial charge in [-0.2, -0.15) is 0 Å². The monoisotopic (exact) mass is 874 g/mol. The third kappa shape index (κ3) is 18.1. The van der Waals surface area contributed by atoms with Crippen molar-refractivity contribution in [2.24, 2.45) is 0 Å². The third-order valence-corrected chi connectivity index (χ3v) is 9.38. The number of halogens is 4. The number of phenolic OH excluding ortho intramolecular Hbond substituents is 2. The molecule has 336 valence electrons. The molecule has 0 spiro atoms. The number of carbonyl (C=O) groups is 4. The number of hydrogen-bond acceptors (Lipinski definition) is 11. The molecule has 3 aliphatic rings. The zero-order valence-electron chi connectivity index (χ0n) is 34.2. The van der Waals surface area contributed by atoms with Crippen LogP contribution in [0.25, 0.3) is 0 Å². The first-order valence-electron chi connectivity index (χ1n) is 19.7. The van der Waals surface area contributed by atoms with E-state index >= 15 is 0 Å². The lowest BCUT2D eigenvalue weighted by Crippen LogP contribution is -2.12. The average molecular weight is 875 g/mol. The Labute approximate surface area is 355 Å². The van der Waals surface area contributed by atoms with E-state index in [1.54, 1.807) is 0 Å². The lowest BCUT2D eigenvalue weighted by molar-refractivity contribution is 0.0591. The van der Waals surface area contributed by atoms with Crippen molar-refractivity contribution in [3.05, 3.63) is 118 Å². The van der Waals surface area contributed by atoms with Crippen LogP contribution in [0.4, 0.5) is 17.6 Å². The predicted molar refractivity (Wildman–Crippen MR) is 216 cm³/mol. The number of phenols is 2. The molecule has 13 nitrogen and oxygen atoms in total. The number of aliphatic hydroxyl groups excluding tert-OH is 1. The summed E-state index contributed by atoms with van der Waals surface area (Å²) in [5, 5.41) is 43.5. The van der Waals surface area contributed by atoms with Crippen LogP contribution in [-0.4, -0.2) is 81.9 Å². The van der Waals surface area contributed by atoms with Crippen LogP contribution < -0.4 is 9.47 Å². The number of aromatic hydroxyl groups is 2. The van der Waals surface area contributed by atoms with Crippen LogP contribution in [0.5, 0.6) is 23.0 Å². The van der Waals surface area contributed by atoms with Gasteiger partial charge in [0.25, 0.3) is 0 Å². The maximum Gasteiger partial charge on any atom is 0.338 e. The van der Waals surface area contributed by atoms with E-state index in [1.165, 1.54) is 51.3 Å². The van der Waals surface area contributed by atoms with Crippen LogP contribution in [0.15, 0.2) is 72.8 Å². The molecule has 3 fully saturated rings. The fraction of sp³-hybridized carbons (Fsp3) is 0.378. The molecule has 62 heavy (non-hydrogen) atoms. The number of ether oxygens (including phenoxy) is 4. The Morgan fingerprint density at radius 3 is 1.11 bits per heavy atom. The lowest BCUT2D eigenvalue weighted by Gasteiger charge is -2.13. The summed E-state index contributed by atoms with van der Waals surface area (Å²) in [7, 11) is 2.45. The van der Waals surface area contributed by atoms with Gasteiger partial charge in [0.05, 0.1) is 54.8 Å². The number of benzene rings is 4. The van der Waals surface area contributed by atoms with Crippen LogP contribution in [0.2, 0.25) is 0 Å². The van der Waals surface area contributed by atoms with Gasteiger partial charge in [-0.3, -0.25) is 0 Å². The molecule has 17 heteroatoms. The molecular formula is C45H50F4O13. The minimum atomic E-state index is -1.26. The molecule has 0 heterocycles. The van der Waals surface area contributed by atoms with Gasteiger partial charge in [0.1, 0.15) is 46.3 Å². The summed E-state index contributed by atoms with van der Waals surface area (Å²) in [5.41, 5.74) is -0.161. The maximum absolute atomic E-state index is 13.3. The Morgan fingerprint density at radius 2 is 0.774 bits per heavy atom. The summed E-state index contributed by atoms with van der Waals surface area (Å²) >= 11 is 0. The highest BCUT2D eigenvalue weighted by molar-refractivity contribution is 5.90. The number of hydrogen-bond donors (Lipinski definition) is 5. The Morgan fingerprint density at radius 1 is 0.468 bits per heavy atom. The summed E-state index contributed by atoms with van der Waals surface area (Å²) in [6.45, 7) is 0. The number of aliphatic hydroxyl groups is 1. The van der Waals surface area contributed by atoms with Gasteiger partial charge >= 0.3 is 23.9 Å². The quantitative estimate of drug-likeness (QED) is 0.0828. The van der Waals surface area contributed by atoms with Gasteiger partial charge in [-0.25, -0.2) is 36.7 Å². The van der Waals surface area contributed by atoms with Gasteiger partial charge in [0.2, 0.25) is 0 Å². The standard InChI is InChI=1S/C13H15FO3.C12H13FO3.C8H7FO3.C7H5FO3.C5H10O/c1-16-13(15)9-6-10(14)8-12(7-9)17-11-4-2-3-5-11;13-9-5-8(12(14)15)6-11(7-9)16-10-3-1-2-4-10;1-12-8(11)5-2-6(9)4-7(10)3-5;8-5-1-4(7(10)11)2-6(9)3-5;6-5-3-1-2-4-5/h6-8,11H,2-5H2,1H3;5-7,10H,1-4H2,(H,14,15);2-4,10H,1H3;1-3,9H,(H,10,11);5-6H,1-4H2. The fourth-order valence-corrected chi connectivity index (χ4v) is 6.43. The largest absolute Gasteiger partial charge is 0.508 e. The number of methoxy groups -OCH3 is 2. The fourth-order valence-electron chi connectivity index (χ4n) is 6.43. The Balaban J connectivity index is 0.000000213. The molecule has 7 rings (SSSR count). The second-order valence-corrected chi connectivity index (χ2v) is 14.3. The Kier molecular flexibility index (Phi) is 20.5. The molecule has 0 saturated heterocycles. The molecule has 3 saturated carbocycles. The number of carboxylic acids is 2. The van der Waals surface area contributed by atoms with Crippen LogP contribution in [0, 0.1) is 23.3 Å². The number of carboxylic acid groups (broad SMARTS) is 2. The van der Waals surface area contributed by atoms with Crippen molar-refractivity contribution in [3.63, 3.8) is 0 Å². The minimum absolute atomic E-state index is 0.00463. The number of aromatic carboxylic acids is 2. The summed E-state index contributed by atoms with van der Waals surface area (Å²) in [6.07, 6.45) is 13.3. The highest BCUT2D eigenvalue weighted by Gasteiger charge is 2.19. The van der Waals surface area contributed by atoms with Gasteiger partial charge in [-0.05, 0) is 113 Å². The summed E-state index contributed by atoms with van der Waals surface area (Å²) < 4.78 is 71.4. The molecule has 0 bridgehead atoms. The third-order valence-electron chi connectivity index (χ3n) is 9.38. The Hall–Kier alpha value is -6.36. The van der Waals surface area contributed by atoms with Gasteiger partial charge in [-0.1, -0.05) is 12.8 Å². The molecule has 3 aliphatic carbocycles. The SMILES string of the molecule is COC(=O)c1cc(F)cc(OC2CCCC2)c1.COC(=O)c1cc(O)cc(F)c1.O=C(O)c1cc(F)cc(OC2CCCC2)c1.O=C(O)c1cc(O)cc(F)c1.OC1CCCC1. The first kappa shape index (κ1) is 50.0. The number of carbonyl (C=O) groups excluding carboxylic acids is 2. The van der Waals surface area contributed by atoms with Gasteiger partial charge in [0, 0.05) is 24.3 Å². The molecule has 4 aromatic carbocycles. The van der Waals surface area contributed by atoms with Gasteiger partial charge < -0.3 is 44.5 Å². The molecule has 0 amide bonds. The molecule has 0 radical (unpaired) electrons. The van der Waals surface area contributed by atoms with E-state index in [9.17, 15) is 36.7 Å². The molecule has 0 aromatic heterocycles. The normalized spacial score (nSPS) is 14.6. The van der Waals surface area contributed by atoms with Crippen molar-refractivity contribution in [1.82, 2.24) is 0 Å². The van der Waals surface area contributed by atoms with E-state index in [0.717, 1.165) is 113 Å². The van der Waals surface area contributed by atoms with Crippen LogP contribution in [0.1, 0.15) is 118 Å². The molecule has 4 aromatic rings. The first-order valence-corrected chi connectivity index (χ1v) is 19.7. The predicted octanol–water partition coefficient (Wildman–Crippen LogP) is 9.25. The van der Waals surface area contributed by atoms with Crippen LogP contribution in [-0.2, 0) is 9.47 Å². The molecular weight excluding hydrogens is 824 g/mol. The smallest absolute Gasteiger partial charge is 0.338 e. The van der Waals surface area contributed by atoms with Crippen molar-refractivity contribution in [3.8, 4) is 23.0 Å². The second kappa shape index (κ2) is 25.4. The van der Waals surface area contributed by atoms with Crippen molar-refractivity contribution in [2.45, 2.75) is 95.4 Å². The van der Waals surface area contributed by atoms with Crippen molar-refractivity contribution >= 4 is 23.9 Å². The highest BCUT2D eigenvalue weighted by Crippen LogP contribution is 2.27. The zero-order valence-corrected chi connectivity index (χ0v) is 34.2. The summed E-state index contributed by atoms with van der Waals surface area (Å²) in [5.74, 6) is -6.10. The minimum Gasteiger partial charge on any atom is -0.508 e. The van der Waals surface area contributed by atoms with Crippen molar-refractivity contribution in [1.29, 1.82) is 0 Å². The zero-order chi connectivity index (χ0) is 45.8. The van der Waals surface area contributed by atoms with Gasteiger partial charge in [0.15, 0.2) is 0 Å². The van der Waals surface area contributed by atoms with E-state index in [1.807, 2.05) is 0 Å². The summed E-state index contributed by atoms with van der Waals surface area (Å²) in [4.78, 5) is 43.1. The lowest BCUT2D eigenvalue weighted by atomic mass is 10.2. The molecule has 0 unspecified atom stereocenters.